The van der Waals surface area contributed by atoms with E-state index in [1.165, 1.54) is 88.6 Å². The molecule has 12 aromatic rings. The van der Waals surface area contributed by atoms with Gasteiger partial charge in [-0.25, -0.2) is 0 Å². The molecule has 2 unspecified atom stereocenters. The lowest BCUT2D eigenvalue weighted by molar-refractivity contribution is 0.627. The lowest BCUT2D eigenvalue weighted by Gasteiger charge is -2.49. The summed E-state index contributed by atoms with van der Waals surface area (Å²) in [6.45, 7) is 0. The summed E-state index contributed by atoms with van der Waals surface area (Å²) in [5.41, 5.74) is 20.8. The topological polar surface area (TPSA) is 8.17 Å². The van der Waals surface area contributed by atoms with E-state index >= 15 is 0 Å². The van der Waals surface area contributed by atoms with Crippen LogP contribution in [0, 0.1) is 0 Å². The number of nitrogens with zero attached hydrogens (tertiary/aromatic N) is 2. The van der Waals surface area contributed by atoms with Gasteiger partial charge < -0.3 is 9.47 Å². The van der Waals surface area contributed by atoms with E-state index in [4.69, 9.17) is 0 Å². The summed E-state index contributed by atoms with van der Waals surface area (Å²) >= 11 is 0. The van der Waals surface area contributed by atoms with Gasteiger partial charge in [-0.1, -0.05) is 218 Å². The molecular weight excluding hydrogens is 845 g/mol. The molecule has 11 aromatic carbocycles. The highest BCUT2D eigenvalue weighted by atomic mass is 15.1. The van der Waals surface area contributed by atoms with Crippen LogP contribution in [0.25, 0.3) is 49.7 Å². The molecule has 0 N–H and O–H groups in total. The van der Waals surface area contributed by atoms with Gasteiger partial charge in [0.05, 0.1) is 21.9 Å². The Morgan fingerprint density at radius 1 is 0.286 bits per heavy atom. The van der Waals surface area contributed by atoms with Crippen LogP contribution < -0.4 is 4.90 Å². The predicted octanol–water partition coefficient (Wildman–Crippen LogP) is 17.0. The monoisotopic (exact) mass is 890 g/mol. The zero-order valence-corrected chi connectivity index (χ0v) is 38.5. The van der Waals surface area contributed by atoms with Crippen molar-refractivity contribution in [2.75, 3.05) is 4.90 Å². The Bertz CT molecular complexity index is 3890. The maximum atomic E-state index is 2.47. The standard InChI is InChI=1S/C68H46N2/c1-4-21-47(22-5-1)48-23-18-29-54(45-48)69(52-41-43-53(44-42-52)70-64-39-16-11-32-57(64)58-33-12-17-40-65(58)70)55-30-19-28-51(46-55)67(49-24-6-2-7-25-49)61-36-14-15-37-62(61)68(50-26-8-3-9-27-50)60-35-13-10-31-56(60)59-34-20-38-63(67)66(59)68/h1-46H. The number of rotatable bonds is 8. The maximum Gasteiger partial charge on any atom is 0.0720 e. The van der Waals surface area contributed by atoms with Gasteiger partial charge in [-0.15, -0.1) is 0 Å². The highest BCUT2D eigenvalue weighted by Gasteiger charge is 2.57. The third-order valence-electron chi connectivity index (χ3n) is 15.3. The summed E-state index contributed by atoms with van der Waals surface area (Å²) in [7, 11) is 0. The zero-order valence-electron chi connectivity index (χ0n) is 38.5. The van der Waals surface area contributed by atoms with Crippen LogP contribution in [0.4, 0.5) is 17.1 Å². The Labute approximate surface area is 408 Å². The minimum Gasteiger partial charge on any atom is -0.310 e. The van der Waals surface area contributed by atoms with E-state index in [9.17, 15) is 0 Å². The molecule has 2 nitrogen and oxygen atoms in total. The minimum atomic E-state index is -0.683. The summed E-state index contributed by atoms with van der Waals surface area (Å²) in [4.78, 5) is 2.44. The third-order valence-corrected chi connectivity index (χ3v) is 15.3. The highest BCUT2D eigenvalue weighted by Crippen LogP contribution is 2.66. The molecule has 70 heavy (non-hydrogen) atoms. The average molecular weight is 891 g/mol. The van der Waals surface area contributed by atoms with Crippen LogP contribution >= 0.6 is 0 Å². The van der Waals surface area contributed by atoms with Crippen LogP contribution in [-0.2, 0) is 10.8 Å². The molecule has 328 valence electrons. The molecule has 0 radical (unpaired) electrons. The second-order valence-electron chi connectivity index (χ2n) is 18.7. The summed E-state index contributed by atoms with van der Waals surface area (Å²) < 4.78 is 2.39. The van der Waals surface area contributed by atoms with Crippen molar-refractivity contribution in [2.24, 2.45) is 0 Å². The van der Waals surface area contributed by atoms with Crippen molar-refractivity contribution in [3.8, 4) is 27.9 Å². The summed E-state index contributed by atoms with van der Waals surface area (Å²) in [5.74, 6) is 0. The van der Waals surface area contributed by atoms with Crippen LogP contribution in [0.5, 0.6) is 0 Å². The van der Waals surface area contributed by atoms with Crippen LogP contribution in [0.15, 0.2) is 279 Å². The molecule has 0 fully saturated rings. The molecule has 2 heteroatoms. The fourth-order valence-electron chi connectivity index (χ4n) is 12.6. The van der Waals surface area contributed by atoms with Gasteiger partial charge in [-0.05, 0) is 127 Å². The van der Waals surface area contributed by atoms with Gasteiger partial charge in [-0.3, -0.25) is 0 Å². The Balaban J connectivity index is 1.02. The molecule has 0 aliphatic heterocycles. The molecule has 0 spiro atoms. The lowest BCUT2D eigenvalue weighted by atomic mass is 9.51. The number of anilines is 3. The first-order valence-corrected chi connectivity index (χ1v) is 24.3. The van der Waals surface area contributed by atoms with Gasteiger partial charge in [0, 0.05) is 33.5 Å². The first kappa shape index (κ1) is 40.1. The smallest absolute Gasteiger partial charge is 0.0720 e. The summed E-state index contributed by atoms with van der Waals surface area (Å²) in [6.07, 6.45) is 0. The van der Waals surface area contributed by atoms with Crippen molar-refractivity contribution in [3.63, 3.8) is 0 Å². The van der Waals surface area contributed by atoms with E-state index in [0.29, 0.717) is 0 Å². The van der Waals surface area contributed by atoms with E-state index in [2.05, 4.69) is 289 Å². The van der Waals surface area contributed by atoms with Gasteiger partial charge in [0.2, 0.25) is 0 Å². The fourth-order valence-corrected chi connectivity index (χ4v) is 12.6. The summed E-state index contributed by atoms with van der Waals surface area (Å²) in [5, 5.41) is 2.51. The maximum absolute atomic E-state index is 2.47. The third kappa shape index (κ3) is 5.68. The van der Waals surface area contributed by atoms with E-state index in [1.54, 1.807) is 0 Å². The van der Waals surface area contributed by atoms with Crippen LogP contribution in [0.2, 0.25) is 0 Å². The van der Waals surface area contributed by atoms with Crippen molar-refractivity contribution in [1.82, 2.24) is 4.57 Å². The van der Waals surface area contributed by atoms with E-state index in [-0.39, 0.29) is 0 Å². The SMILES string of the molecule is c1ccc(-c2cccc(N(c3ccc(-n4c5ccccc5c5ccccc54)cc3)c3cccc(C4(c5ccccc5)c5ccccc5C5(c6ccccc6)c6ccccc6-c6cccc4c65)c3)c2)cc1. The van der Waals surface area contributed by atoms with Crippen LogP contribution in [0.1, 0.15) is 44.5 Å². The van der Waals surface area contributed by atoms with Gasteiger partial charge in [0.1, 0.15) is 0 Å². The largest absolute Gasteiger partial charge is 0.310 e. The van der Waals surface area contributed by atoms with Gasteiger partial charge >= 0.3 is 0 Å². The second-order valence-corrected chi connectivity index (χ2v) is 18.7. The minimum absolute atomic E-state index is 0.516. The molecule has 1 aromatic heterocycles. The van der Waals surface area contributed by atoms with Gasteiger partial charge in [0.15, 0.2) is 0 Å². The molecular formula is C68H46N2. The lowest BCUT2D eigenvalue weighted by Crippen LogP contribution is -2.44. The first-order chi connectivity index (χ1) is 34.7. The predicted molar refractivity (Wildman–Crippen MR) is 290 cm³/mol. The number of aromatic nitrogens is 1. The van der Waals surface area contributed by atoms with E-state index in [1.807, 2.05) is 0 Å². The van der Waals surface area contributed by atoms with E-state index in [0.717, 1.165) is 22.7 Å². The molecule has 2 aliphatic rings. The van der Waals surface area contributed by atoms with Crippen molar-refractivity contribution < 1.29 is 0 Å². The molecule has 0 saturated heterocycles. The Morgan fingerprint density at radius 3 is 1.44 bits per heavy atom. The molecule has 0 amide bonds. The molecule has 2 atom stereocenters. The molecule has 1 heterocycles. The number of hydrogen-bond acceptors (Lipinski definition) is 1. The fraction of sp³-hybridized carbons (Fsp3) is 0.0294. The number of para-hydroxylation sites is 2. The number of hydrogen-bond donors (Lipinski definition) is 0. The van der Waals surface area contributed by atoms with Crippen LogP contribution in [0.3, 0.4) is 0 Å². The van der Waals surface area contributed by atoms with Crippen molar-refractivity contribution in [1.29, 1.82) is 0 Å². The molecule has 0 bridgehead atoms. The van der Waals surface area contributed by atoms with Crippen molar-refractivity contribution in [3.05, 3.63) is 324 Å². The number of fused-ring (bicyclic) bond motifs is 8. The zero-order chi connectivity index (χ0) is 46.2. The van der Waals surface area contributed by atoms with Crippen LogP contribution in [-0.4, -0.2) is 4.57 Å². The first-order valence-electron chi connectivity index (χ1n) is 24.3. The number of benzene rings is 11. The van der Waals surface area contributed by atoms with Gasteiger partial charge in [-0.2, -0.15) is 0 Å². The van der Waals surface area contributed by atoms with E-state index < -0.39 is 10.8 Å². The molecule has 2 aliphatic carbocycles. The summed E-state index contributed by atoms with van der Waals surface area (Å²) in [6, 6.07) is 104. The normalized spacial score (nSPS) is 16.4. The Morgan fingerprint density at radius 2 is 0.757 bits per heavy atom. The van der Waals surface area contributed by atoms with Crippen molar-refractivity contribution >= 4 is 38.9 Å². The molecule has 14 rings (SSSR count). The van der Waals surface area contributed by atoms with Crippen molar-refractivity contribution in [2.45, 2.75) is 10.8 Å². The van der Waals surface area contributed by atoms with Gasteiger partial charge in [0.25, 0.3) is 0 Å². The Hall–Kier alpha value is -8.98. The Kier molecular flexibility index (Phi) is 9.06. The quantitative estimate of drug-likeness (QED) is 0.148. The highest BCUT2D eigenvalue weighted by molar-refractivity contribution is 6.09. The second kappa shape index (κ2) is 15.8. The molecule has 0 saturated carbocycles. The average Bonchev–Trinajstić information content (AvgIpc) is 3.94.